The standard InChI is InChI=1S/C13H14INO6/c1-7(2)12(21-13(17)19-6-14)20-11(16)9-5-10-8(15-9)3-4-18-10/h3-5,7,12,15H,6H2,1-2H3. The lowest BCUT2D eigenvalue weighted by molar-refractivity contribution is -0.111. The predicted octanol–water partition coefficient (Wildman–Crippen LogP) is 3.45. The lowest BCUT2D eigenvalue weighted by Crippen LogP contribution is -2.29. The van der Waals surface area contributed by atoms with E-state index in [9.17, 15) is 9.59 Å². The molecule has 2 aromatic rings. The molecular formula is C13H14INO6. The van der Waals surface area contributed by atoms with Crippen LogP contribution in [0.1, 0.15) is 24.3 Å². The summed E-state index contributed by atoms with van der Waals surface area (Å²) in [6.07, 6.45) is -0.394. The summed E-state index contributed by atoms with van der Waals surface area (Å²) in [5, 5.41) is 0. The molecule has 2 rings (SSSR count). The summed E-state index contributed by atoms with van der Waals surface area (Å²) in [6.45, 7) is 3.52. The molecule has 0 saturated heterocycles. The number of hydrogen-bond donors (Lipinski definition) is 1. The van der Waals surface area contributed by atoms with Crippen molar-refractivity contribution in [2.45, 2.75) is 20.1 Å². The van der Waals surface area contributed by atoms with Gasteiger partial charge < -0.3 is 23.6 Å². The van der Waals surface area contributed by atoms with Crippen molar-refractivity contribution >= 4 is 45.8 Å². The normalized spacial score (nSPS) is 12.4. The topological polar surface area (TPSA) is 90.8 Å². The monoisotopic (exact) mass is 407 g/mol. The number of aromatic nitrogens is 1. The lowest BCUT2D eigenvalue weighted by atomic mass is 10.2. The van der Waals surface area contributed by atoms with Gasteiger partial charge in [0.2, 0.25) is 0 Å². The zero-order chi connectivity index (χ0) is 15.4. The van der Waals surface area contributed by atoms with Crippen LogP contribution in [0.15, 0.2) is 22.8 Å². The van der Waals surface area contributed by atoms with Crippen LogP contribution in [0.4, 0.5) is 4.79 Å². The summed E-state index contributed by atoms with van der Waals surface area (Å²) in [5.41, 5.74) is 1.46. The molecule has 0 aliphatic heterocycles. The maximum absolute atomic E-state index is 12.0. The Hall–Kier alpha value is -1.71. The molecule has 7 nitrogen and oxygen atoms in total. The van der Waals surface area contributed by atoms with Gasteiger partial charge in [0.15, 0.2) is 5.58 Å². The molecule has 0 saturated carbocycles. The van der Waals surface area contributed by atoms with E-state index >= 15 is 0 Å². The Kier molecular flexibility index (Phi) is 5.10. The van der Waals surface area contributed by atoms with Gasteiger partial charge >= 0.3 is 12.1 Å². The Balaban J connectivity index is 2.03. The summed E-state index contributed by atoms with van der Waals surface area (Å²) in [5.74, 6) is -0.851. The van der Waals surface area contributed by atoms with E-state index in [-0.39, 0.29) is 16.2 Å². The molecule has 1 unspecified atom stereocenters. The smallest absolute Gasteiger partial charge is 0.463 e. The van der Waals surface area contributed by atoms with Crippen molar-refractivity contribution in [2.75, 3.05) is 4.61 Å². The number of halogens is 1. The Labute approximate surface area is 134 Å². The highest BCUT2D eigenvalue weighted by Crippen LogP contribution is 2.18. The van der Waals surface area contributed by atoms with Gasteiger partial charge in [0, 0.05) is 18.1 Å². The summed E-state index contributed by atoms with van der Waals surface area (Å²) < 4.78 is 20.1. The first kappa shape index (κ1) is 15.7. The highest BCUT2D eigenvalue weighted by molar-refractivity contribution is 14.1. The Morgan fingerprint density at radius 2 is 2.14 bits per heavy atom. The minimum absolute atomic E-state index is 0.155. The van der Waals surface area contributed by atoms with Gasteiger partial charge in [-0.15, -0.1) is 0 Å². The van der Waals surface area contributed by atoms with Gasteiger partial charge in [-0.2, -0.15) is 0 Å². The van der Waals surface area contributed by atoms with E-state index in [4.69, 9.17) is 13.9 Å². The fourth-order valence-electron chi connectivity index (χ4n) is 1.60. The number of furan rings is 1. The van der Waals surface area contributed by atoms with Crippen LogP contribution < -0.4 is 0 Å². The second-order valence-corrected chi connectivity index (χ2v) is 5.14. The van der Waals surface area contributed by atoms with Gasteiger partial charge in [-0.1, -0.05) is 13.8 Å². The number of nitrogens with one attached hydrogen (secondary N) is 1. The van der Waals surface area contributed by atoms with Crippen molar-refractivity contribution in [3.05, 3.63) is 24.1 Å². The number of hydrogen-bond acceptors (Lipinski definition) is 6. The number of esters is 1. The molecule has 114 valence electrons. The fraction of sp³-hybridized carbons (Fsp3) is 0.385. The number of fused-ring (bicyclic) bond motifs is 1. The SMILES string of the molecule is CC(C)C(OC(=O)OCI)OC(=O)c1cc2occc2[nH]1. The molecule has 0 radical (unpaired) electrons. The second kappa shape index (κ2) is 6.83. The highest BCUT2D eigenvalue weighted by atomic mass is 127. The van der Waals surface area contributed by atoms with E-state index < -0.39 is 18.4 Å². The summed E-state index contributed by atoms with van der Waals surface area (Å²) in [4.78, 5) is 26.2. The van der Waals surface area contributed by atoms with E-state index in [0.29, 0.717) is 11.1 Å². The Morgan fingerprint density at radius 1 is 1.38 bits per heavy atom. The van der Waals surface area contributed by atoms with Crippen LogP contribution in [-0.4, -0.2) is 28.0 Å². The maximum Gasteiger partial charge on any atom is 0.512 e. The van der Waals surface area contributed by atoms with Crippen LogP contribution in [0, 0.1) is 5.92 Å². The van der Waals surface area contributed by atoms with Crippen molar-refractivity contribution in [1.82, 2.24) is 4.98 Å². The van der Waals surface area contributed by atoms with Crippen LogP contribution >= 0.6 is 22.6 Å². The second-order valence-electron chi connectivity index (χ2n) is 4.52. The minimum atomic E-state index is -1.03. The summed E-state index contributed by atoms with van der Waals surface area (Å²) in [6, 6.07) is 3.22. The van der Waals surface area contributed by atoms with Crippen LogP contribution in [0.5, 0.6) is 0 Å². The molecule has 1 N–H and O–H groups in total. The molecule has 8 heteroatoms. The first-order chi connectivity index (χ1) is 10.0. The number of aromatic amines is 1. The van der Waals surface area contributed by atoms with Crippen molar-refractivity contribution < 1.29 is 28.2 Å². The summed E-state index contributed by atoms with van der Waals surface area (Å²) >= 11 is 1.86. The van der Waals surface area contributed by atoms with Crippen LogP contribution in [0.2, 0.25) is 0 Å². The average molecular weight is 407 g/mol. The van der Waals surface area contributed by atoms with E-state index in [1.807, 2.05) is 22.6 Å². The number of carbonyl (C=O) groups is 2. The molecular weight excluding hydrogens is 393 g/mol. The zero-order valence-electron chi connectivity index (χ0n) is 11.4. The van der Waals surface area contributed by atoms with Gasteiger partial charge in [0.25, 0.3) is 6.29 Å². The first-order valence-electron chi connectivity index (χ1n) is 6.18. The lowest BCUT2D eigenvalue weighted by Gasteiger charge is -2.20. The Bertz CT molecular complexity index is 603. The van der Waals surface area contributed by atoms with Crippen LogP contribution in [-0.2, 0) is 14.2 Å². The summed E-state index contributed by atoms with van der Waals surface area (Å²) in [7, 11) is 0. The molecule has 2 aromatic heterocycles. The molecule has 2 heterocycles. The third-order valence-electron chi connectivity index (χ3n) is 2.61. The van der Waals surface area contributed by atoms with Gasteiger partial charge in [-0.3, -0.25) is 0 Å². The van der Waals surface area contributed by atoms with Crippen LogP contribution in [0.25, 0.3) is 11.1 Å². The molecule has 0 bridgehead atoms. The van der Waals surface area contributed by atoms with Gasteiger partial charge in [0.05, 0.1) is 11.8 Å². The van der Waals surface area contributed by atoms with Crippen molar-refractivity contribution in [1.29, 1.82) is 0 Å². The van der Waals surface area contributed by atoms with E-state index in [0.717, 1.165) is 0 Å². The van der Waals surface area contributed by atoms with Gasteiger partial charge in [-0.05, 0) is 22.6 Å². The molecule has 1 atom stereocenters. The number of carbonyl (C=O) groups excluding carboxylic acids is 2. The molecule has 0 amide bonds. The molecule has 0 aromatic carbocycles. The number of H-pyrrole nitrogens is 1. The first-order valence-corrected chi connectivity index (χ1v) is 7.70. The number of rotatable bonds is 5. The minimum Gasteiger partial charge on any atom is -0.463 e. The average Bonchev–Trinajstić information content (AvgIpc) is 2.98. The highest BCUT2D eigenvalue weighted by Gasteiger charge is 2.25. The predicted molar refractivity (Wildman–Crippen MR) is 81.1 cm³/mol. The van der Waals surface area contributed by atoms with E-state index in [1.54, 1.807) is 19.9 Å². The van der Waals surface area contributed by atoms with Crippen molar-refractivity contribution in [3.8, 4) is 0 Å². The van der Waals surface area contributed by atoms with E-state index in [2.05, 4.69) is 9.72 Å². The molecule has 21 heavy (non-hydrogen) atoms. The number of ether oxygens (including phenoxy) is 3. The molecule has 0 fully saturated rings. The quantitative estimate of drug-likeness (QED) is 0.354. The largest absolute Gasteiger partial charge is 0.512 e. The third-order valence-corrected chi connectivity index (χ3v) is 2.92. The molecule has 0 aliphatic rings. The van der Waals surface area contributed by atoms with Crippen molar-refractivity contribution in [2.24, 2.45) is 5.92 Å². The zero-order valence-corrected chi connectivity index (χ0v) is 13.6. The van der Waals surface area contributed by atoms with Crippen LogP contribution in [0.3, 0.4) is 0 Å². The van der Waals surface area contributed by atoms with Crippen molar-refractivity contribution in [3.63, 3.8) is 0 Å². The number of alkyl halides is 1. The van der Waals surface area contributed by atoms with Gasteiger partial charge in [0.1, 0.15) is 10.3 Å². The van der Waals surface area contributed by atoms with Gasteiger partial charge in [-0.25, -0.2) is 9.59 Å². The molecule has 0 spiro atoms. The van der Waals surface area contributed by atoms with E-state index in [1.165, 1.54) is 12.3 Å². The maximum atomic E-state index is 12.0. The fourth-order valence-corrected chi connectivity index (χ4v) is 1.85. The third kappa shape index (κ3) is 3.90. The Morgan fingerprint density at radius 3 is 2.76 bits per heavy atom. The molecule has 0 aliphatic carbocycles.